The summed E-state index contributed by atoms with van der Waals surface area (Å²) in [6.07, 6.45) is -0.516. The van der Waals surface area contributed by atoms with E-state index in [0.29, 0.717) is 42.2 Å². The lowest BCUT2D eigenvalue weighted by molar-refractivity contribution is 0.0885. The van der Waals surface area contributed by atoms with Crippen LogP contribution in [0.3, 0.4) is 0 Å². The van der Waals surface area contributed by atoms with Gasteiger partial charge in [-0.15, -0.1) is 0 Å². The summed E-state index contributed by atoms with van der Waals surface area (Å²) < 4.78 is 22.3. The lowest BCUT2D eigenvalue weighted by Crippen LogP contribution is -2.42. The Morgan fingerprint density at radius 1 is 0.971 bits per heavy atom. The average Bonchev–Trinajstić information content (AvgIpc) is 2.84. The molecule has 1 aromatic heterocycles. The molecule has 8 nitrogen and oxygen atoms in total. The SMILES string of the molecule is COc1cc(OC)c2c(n1)=NC(c1cc(C)c(OCCOCc3ccccc3)c(C)c1)NC=2O. The van der Waals surface area contributed by atoms with Crippen molar-refractivity contribution in [3.8, 4) is 17.4 Å². The molecule has 1 aliphatic heterocycles. The molecule has 0 saturated carbocycles. The van der Waals surface area contributed by atoms with E-state index in [-0.39, 0.29) is 5.88 Å². The molecule has 2 heterocycles. The third-order valence-electron chi connectivity index (χ3n) is 5.52. The zero-order chi connectivity index (χ0) is 24.1. The molecule has 0 bridgehead atoms. The van der Waals surface area contributed by atoms with Gasteiger partial charge >= 0.3 is 0 Å². The first kappa shape index (κ1) is 23.4. The Balaban J connectivity index is 1.48. The molecule has 0 spiro atoms. The Morgan fingerprint density at radius 3 is 2.38 bits per heavy atom. The number of hydrogen-bond donors (Lipinski definition) is 2. The molecule has 0 fully saturated rings. The predicted octanol–water partition coefficient (Wildman–Crippen LogP) is 2.86. The van der Waals surface area contributed by atoms with Crippen LogP contribution in [0.5, 0.6) is 17.4 Å². The third-order valence-corrected chi connectivity index (χ3v) is 5.52. The zero-order valence-corrected chi connectivity index (χ0v) is 19.8. The number of nitrogens with zero attached hydrogens (tertiary/aromatic N) is 2. The molecule has 0 saturated heterocycles. The molecule has 2 aromatic carbocycles. The molecule has 178 valence electrons. The molecule has 0 radical (unpaired) electrons. The first-order chi connectivity index (χ1) is 16.5. The van der Waals surface area contributed by atoms with Gasteiger partial charge in [-0.2, -0.15) is 4.98 Å². The number of ether oxygens (including phenoxy) is 4. The first-order valence-corrected chi connectivity index (χ1v) is 11.0. The van der Waals surface area contributed by atoms with E-state index in [1.165, 1.54) is 14.2 Å². The summed E-state index contributed by atoms with van der Waals surface area (Å²) in [5.74, 6) is 1.56. The maximum Gasteiger partial charge on any atom is 0.218 e. The fourth-order valence-corrected chi connectivity index (χ4v) is 3.92. The van der Waals surface area contributed by atoms with Crippen LogP contribution >= 0.6 is 0 Å². The van der Waals surface area contributed by atoms with Gasteiger partial charge in [0, 0.05) is 6.07 Å². The van der Waals surface area contributed by atoms with Crippen molar-refractivity contribution in [3.05, 3.63) is 81.5 Å². The van der Waals surface area contributed by atoms with Gasteiger partial charge in [-0.1, -0.05) is 30.3 Å². The number of rotatable bonds is 9. The highest BCUT2D eigenvalue weighted by Gasteiger charge is 2.21. The summed E-state index contributed by atoms with van der Waals surface area (Å²) >= 11 is 0. The fraction of sp³-hybridized carbons (Fsp3) is 0.308. The quantitative estimate of drug-likeness (QED) is 0.471. The van der Waals surface area contributed by atoms with Crippen molar-refractivity contribution in [2.75, 3.05) is 27.4 Å². The number of nitrogens with one attached hydrogen (secondary N) is 1. The van der Waals surface area contributed by atoms with E-state index in [0.717, 1.165) is 28.0 Å². The molecule has 1 unspecified atom stereocenters. The van der Waals surface area contributed by atoms with Gasteiger partial charge in [0.05, 0.1) is 27.4 Å². The Hall–Kier alpha value is -3.78. The monoisotopic (exact) mass is 463 g/mol. The van der Waals surface area contributed by atoms with Crippen LogP contribution in [0.1, 0.15) is 28.4 Å². The Bertz CT molecular complexity index is 1250. The van der Waals surface area contributed by atoms with Crippen molar-refractivity contribution in [2.24, 2.45) is 4.99 Å². The van der Waals surface area contributed by atoms with Crippen LogP contribution in [-0.2, 0) is 11.3 Å². The largest absolute Gasteiger partial charge is 0.496 e. The van der Waals surface area contributed by atoms with Gasteiger partial charge in [0.15, 0.2) is 5.49 Å². The summed E-state index contributed by atoms with van der Waals surface area (Å²) in [5, 5.41) is 14.1. The van der Waals surface area contributed by atoms with Crippen LogP contribution in [0.2, 0.25) is 0 Å². The Kier molecular flexibility index (Phi) is 7.18. The third kappa shape index (κ3) is 5.07. The van der Waals surface area contributed by atoms with Crippen molar-refractivity contribution >= 4 is 5.88 Å². The average molecular weight is 464 g/mol. The predicted molar refractivity (Wildman–Crippen MR) is 128 cm³/mol. The van der Waals surface area contributed by atoms with Gasteiger partial charge in [-0.05, 0) is 48.2 Å². The standard InChI is InChI=1S/C26H29N3O5/c1-16-12-19(13-17(2)23(16)34-11-10-33-15-18-8-6-5-7-9-18)24-28-25-22(26(30)29-24)20(31-3)14-21(27-25)32-4/h5-9,12-14,24,29-30H,10-11,15H2,1-4H3. The Morgan fingerprint density at radius 2 is 1.71 bits per heavy atom. The van der Waals surface area contributed by atoms with Crippen molar-refractivity contribution < 1.29 is 24.1 Å². The second-order valence-corrected chi connectivity index (χ2v) is 7.96. The van der Waals surface area contributed by atoms with E-state index in [4.69, 9.17) is 18.9 Å². The minimum atomic E-state index is -0.516. The van der Waals surface area contributed by atoms with Crippen molar-refractivity contribution in [1.82, 2.24) is 10.3 Å². The second kappa shape index (κ2) is 10.4. The van der Waals surface area contributed by atoms with Gasteiger partial charge in [0.25, 0.3) is 0 Å². The van der Waals surface area contributed by atoms with E-state index in [1.54, 1.807) is 6.07 Å². The first-order valence-electron chi connectivity index (χ1n) is 11.0. The van der Waals surface area contributed by atoms with E-state index in [1.807, 2.05) is 56.3 Å². The second-order valence-electron chi connectivity index (χ2n) is 7.96. The summed E-state index contributed by atoms with van der Waals surface area (Å²) in [6.45, 7) is 5.47. The van der Waals surface area contributed by atoms with Crippen LogP contribution < -0.4 is 30.2 Å². The van der Waals surface area contributed by atoms with Crippen LogP contribution in [0.25, 0.3) is 5.88 Å². The molecule has 1 aliphatic rings. The van der Waals surface area contributed by atoms with Crippen molar-refractivity contribution in [1.29, 1.82) is 0 Å². The molecule has 0 aliphatic carbocycles. The highest BCUT2D eigenvalue weighted by molar-refractivity contribution is 5.47. The van der Waals surface area contributed by atoms with Gasteiger partial charge in [-0.3, -0.25) is 0 Å². The highest BCUT2D eigenvalue weighted by atomic mass is 16.5. The molecule has 0 amide bonds. The zero-order valence-electron chi connectivity index (χ0n) is 19.8. The normalized spacial score (nSPS) is 14.6. The number of benzene rings is 2. The lowest BCUT2D eigenvalue weighted by Gasteiger charge is -2.22. The van der Waals surface area contributed by atoms with Crippen molar-refractivity contribution in [3.63, 3.8) is 0 Å². The van der Waals surface area contributed by atoms with E-state index >= 15 is 0 Å². The molecule has 4 rings (SSSR count). The number of aromatic nitrogens is 1. The number of aliphatic hydroxyl groups excluding tert-OH is 1. The van der Waals surface area contributed by atoms with Gasteiger partial charge in [0.2, 0.25) is 11.8 Å². The number of fused-ring (bicyclic) bond motifs is 1. The number of pyridine rings is 1. The molecule has 1 atom stereocenters. The van der Waals surface area contributed by atoms with E-state index in [9.17, 15) is 5.11 Å². The molecule has 2 N–H and O–H groups in total. The van der Waals surface area contributed by atoms with Crippen LogP contribution in [-0.4, -0.2) is 37.5 Å². The molecule has 3 aromatic rings. The Labute approximate surface area is 198 Å². The van der Waals surface area contributed by atoms with Crippen LogP contribution in [0, 0.1) is 13.8 Å². The van der Waals surface area contributed by atoms with Gasteiger partial charge in [-0.25, -0.2) is 4.99 Å². The molecule has 8 heteroatoms. The van der Waals surface area contributed by atoms with Crippen LogP contribution in [0.4, 0.5) is 0 Å². The summed E-state index contributed by atoms with van der Waals surface area (Å²) in [6, 6.07) is 15.6. The smallest absolute Gasteiger partial charge is 0.218 e. The van der Waals surface area contributed by atoms with E-state index < -0.39 is 6.17 Å². The number of methoxy groups -OCH3 is 2. The maximum atomic E-state index is 10.7. The van der Waals surface area contributed by atoms with Crippen molar-refractivity contribution in [2.45, 2.75) is 26.6 Å². The summed E-state index contributed by atoms with van der Waals surface area (Å²) in [7, 11) is 3.04. The highest BCUT2D eigenvalue weighted by Crippen LogP contribution is 2.29. The van der Waals surface area contributed by atoms with Gasteiger partial charge < -0.3 is 29.4 Å². The maximum absolute atomic E-state index is 10.7. The molecular formula is C26H29N3O5. The number of hydrogen-bond acceptors (Lipinski definition) is 8. The van der Waals surface area contributed by atoms with Crippen LogP contribution in [0.15, 0.2) is 53.5 Å². The molecule has 34 heavy (non-hydrogen) atoms. The fourth-order valence-electron chi connectivity index (χ4n) is 3.92. The minimum Gasteiger partial charge on any atom is -0.496 e. The topological polar surface area (TPSA) is 94.4 Å². The minimum absolute atomic E-state index is 0.0480. The molecular weight excluding hydrogens is 434 g/mol. The summed E-state index contributed by atoms with van der Waals surface area (Å²) in [4.78, 5) is 9.07. The lowest BCUT2D eigenvalue weighted by atomic mass is 10.0. The van der Waals surface area contributed by atoms with Gasteiger partial charge in [0.1, 0.15) is 29.5 Å². The van der Waals surface area contributed by atoms with E-state index in [2.05, 4.69) is 15.3 Å². The summed E-state index contributed by atoms with van der Waals surface area (Å²) in [5.41, 5.74) is 4.30. The number of aliphatic hydroxyl groups is 1. The number of aryl methyl sites for hydroxylation is 2.